The molecule has 2 aromatic rings. The number of hydrogen-bond donors (Lipinski definition) is 1. The van der Waals surface area contributed by atoms with Crippen LogP contribution in [0.5, 0.6) is 17.2 Å². The van der Waals surface area contributed by atoms with Crippen LogP contribution in [0.25, 0.3) is 0 Å². The molecule has 0 saturated heterocycles. The van der Waals surface area contributed by atoms with Crippen molar-refractivity contribution in [2.45, 2.75) is 26.5 Å². The Balaban J connectivity index is 2.02. The zero-order chi connectivity index (χ0) is 15.9. The minimum Gasteiger partial charge on any atom is -0.497 e. The molecule has 0 bridgehead atoms. The summed E-state index contributed by atoms with van der Waals surface area (Å²) in [6.45, 7) is 4.71. The van der Waals surface area contributed by atoms with E-state index in [9.17, 15) is 0 Å². The summed E-state index contributed by atoms with van der Waals surface area (Å²) >= 11 is 0. The third kappa shape index (κ3) is 4.32. The van der Waals surface area contributed by atoms with Crippen molar-refractivity contribution in [2.75, 3.05) is 19.5 Å². The fourth-order valence-electron chi connectivity index (χ4n) is 2.09. The predicted octanol–water partition coefficient (Wildman–Crippen LogP) is 4.10. The van der Waals surface area contributed by atoms with Crippen molar-refractivity contribution in [1.29, 1.82) is 0 Å². The molecule has 2 aromatic carbocycles. The predicted molar refractivity (Wildman–Crippen MR) is 89.1 cm³/mol. The number of methoxy groups -OCH3 is 2. The maximum atomic E-state index is 5.72. The summed E-state index contributed by atoms with van der Waals surface area (Å²) in [5, 5.41) is 3.37. The van der Waals surface area contributed by atoms with Crippen LogP contribution >= 0.6 is 0 Å². The number of anilines is 1. The molecule has 0 aliphatic heterocycles. The first-order valence-electron chi connectivity index (χ1n) is 7.34. The van der Waals surface area contributed by atoms with E-state index in [4.69, 9.17) is 14.2 Å². The van der Waals surface area contributed by atoms with E-state index < -0.39 is 0 Å². The van der Waals surface area contributed by atoms with Crippen LogP contribution in [0.3, 0.4) is 0 Å². The minimum atomic E-state index is 0.122. The molecular formula is C18H23NO3. The molecule has 0 atom stereocenters. The van der Waals surface area contributed by atoms with Crippen LogP contribution in [0.1, 0.15) is 19.4 Å². The monoisotopic (exact) mass is 301 g/mol. The molecule has 0 spiro atoms. The van der Waals surface area contributed by atoms with Crippen LogP contribution in [-0.2, 0) is 6.54 Å². The summed E-state index contributed by atoms with van der Waals surface area (Å²) in [5.74, 6) is 2.37. The zero-order valence-corrected chi connectivity index (χ0v) is 13.6. The summed E-state index contributed by atoms with van der Waals surface area (Å²) in [4.78, 5) is 0. The highest BCUT2D eigenvalue weighted by molar-refractivity contribution is 5.48. The molecule has 0 aromatic heterocycles. The van der Waals surface area contributed by atoms with E-state index in [1.165, 1.54) is 0 Å². The topological polar surface area (TPSA) is 39.7 Å². The van der Waals surface area contributed by atoms with Crippen LogP contribution < -0.4 is 19.5 Å². The third-order valence-corrected chi connectivity index (χ3v) is 3.18. The quantitative estimate of drug-likeness (QED) is 0.835. The Morgan fingerprint density at radius 2 is 1.64 bits per heavy atom. The van der Waals surface area contributed by atoms with E-state index in [1.54, 1.807) is 14.2 Å². The van der Waals surface area contributed by atoms with Crippen molar-refractivity contribution in [2.24, 2.45) is 0 Å². The fraction of sp³-hybridized carbons (Fsp3) is 0.333. The fourth-order valence-corrected chi connectivity index (χ4v) is 2.09. The number of hydrogen-bond acceptors (Lipinski definition) is 4. The lowest BCUT2D eigenvalue weighted by atomic mass is 10.2. The summed E-state index contributed by atoms with van der Waals surface area (Å²) < 4.78 is 16.3. The molecule has 22 heavy (non-hydrogen) atoms. The van der Waals surface area contributed by atoms with Gasteiger partial charge in [0.2, 0.25) is 0 Å². The smallest absolute Gasteiger partial charge is 0.161 e. The van der Waals surface area contributed by atoms with Gasteiger partial charge >= 0.3 is 0 Å². The van der Waals surface area contributed by atoms with Gasteiger partial charge in [-0.15, -0.1) is 0 Å². The first-order chi connectivity index (χ1) is 10.6. The minimum absolute atomic E-state index is 0.122. The zero-order valence-electron chi connectivity index (χ0n) is 13.6. The highest BCUT2D eigenvalue weighted by Gasteiger charge is 2.07. The Morgan fingerprint density at radius 3 is 2.23 bits per heavy atom. The van der Waals surface area contributed by atoms with Gasteiger partial charge in [-0.05, 0) is 55.8 Å². The molecule has 0 saturated carbocycles. The van der Waals surface area contributed by atoms with Gasteiger partial charge in [0.1, 0.15) is 5.75 Å². The van der Waals surface area contributed by atoms with Gasteiger partial charge in [0.05, 0.1) is 20.3 Å². The van der Waals surface area contributed by atoms with E-state index in [2.05, 4.69) is 5.32 Å². The van der Waals surface area contributed by atoms with Crippen LogP contribution in [0.2, 0.25) is 0 Å². The van der Waals surface area contributed by atoms with Gasteiger partial charge in [0.15, 0.2) is 11.5 Å². The van der Waals surface area contributed by atoms with Crippen LogP contribution in [-0.4, -0.2) is 20.3 Å². The molecule has 4 nitrogen and oxygen atoms in total. The Kier molecular flexibility index (Phi) is 5.53. The summed E-state index contributed by atoms with van der Waals surface area (Å²) in [7, 11) is 3.32. The van der Waals surface area contributed by atoms with Crippen molar-refractivity contribution < 1.29 is 14.2 Å². The van der Waals surface area contributed by atoms with Crippen LogP contribution in [0, 0.1) is 0 Å². The molecular weight excluding hydrogens is 278 g/mol. The molecule has 0 heterocycles. The van der Waals surface area contributed by atoms with Gasteiger partial charge in [-0.25, -0.2) is 0 Å². The third-order valence-electron chi connectivity index (χ3n) is 3.18. The molecule has 4 heteroatoms. The molecule has 0 amide bonds. The number of ether oxygens (including phenoxy) is 3. The van der Waals surface area contributed by atoms with Gasteiger partial charge < -0.3 is 19.5 Å². The molecule has 0 aliphatic rings. The molecule has 118 valence electrons. The van der Waals surface area contributed by atoms with E-state index in [1.807, 2.05) is 56.3 Å². The number of benzene rings is 2. The van der Waals surface area contributed by atoms with Crippen molar-refractivity contribution in [3.05, 3.63) is 48.0 Å². The summed E-state index contributed by atoms with van der Waals surface area (Å²) in [5.41, 5.74) is 2.17. The second-order valence-corrected chi connectivity index (χ2v) is 5.23. The van der Waals surface area contributed by atoms with Crippen molar-refractivity contribution in [3.8, 4) is 17.2 Å². The SMILES string of the molecule is COc1ccc(NCc2ccc(OC(C)C)c(OC)c2)cc1. The molecule has 0 fully saturated rings. The summed E-state index contributed by atoms with van der Waals surface area (Å²) in [6.07, 6.45) is 0.122. The Hall–Kier alpha value is -2.36. The lowest BCUT2D eigenvalue weighted by Crippen LogP contribution is -2.07. The van der Waals surface area contributed by atoms with Gasteiger partial charge in [-0.3, -0.25) is 0 Å². The van der Waals surface area contributed by atoms with Gasteiger partial charge in [-0.2, -0.15) is 0 Å². The van der Waals surface area contributed by atoms with Crippen molar-refractivity contribution >= 4 is 5.69 Å². The normalized spacial score (nSPS) is 10.4. The van der Waals surface area contributed by atoms with Crippen molar-refractivity contribution in [1.82, 2.24) is 0 Å². The molecule has 0 radical (unpaired) electrons. The number of rotatable bonds is 7. The van der Waals surface area contributed by atoms with E-state index >= 15 is 0 Å². The number of nitrogens with one attached hydrogen (secondary N) is 1. The lowest BCUT2D eigenvalue weighted by molar-refractivity contribution is 0.230. The van der Waals surface area contributed by atoms with E-state index in [-0.39, 0.29) is 6.10 Å². The van der Waals surface area contributed by atoms with E-state index in [0.29, 0.717) is 6.54 Å². The van der Waals surface area contributed by atoms with Crippen LogP contribution in [0.15, 0.2) is 42.5 Å². The molecule has 1 N–H and O–H groups in total. The first-order valence-corrected chi connectivity index (χ1v) is 7.34. The Bertz CT molecular complexity index is 594. The standard InChI is InChI=1S/C18H23NO3/c1-13(2)22-17-10-5-14(11-18(17)21-4)12-19-15-6-8-16(20-3)9-7-15/h5-11,13,19H,12H2,1-4H3. The second kappa shape index (κ2) is 7.59. The average Bonchev–Trinajstić information content (AvgIpc) is 2.54. The van der Waals surface area contributed by atoms with Crippen molar-refractivity contribution in [3.63, 3.8) is 0 Å². The van der Waals surface area contributed by atoms with E-state index in [0.717, 1.165) is 28.5 Å². The average molecular weight is 301 g/mol. The molecule has 0 unspecified atom stereocenters. The largest absolute Gasteiger partial charge is 0.497 e. The maximum absolute atomic E-state index is 5.72. The van der Waals surface area contributed by atoms with Crippen LogP contribution in [0.4, 0.5) is 5.69 Å². The highest BCUT2D eigenvalue weighted by Crippen LogP contribution is 2.29. The summed E-state index contributed by atoms with van der Waals surface area (Å²) in [6, 6.07) is 13.8. The second-order valence-electron chi connectivity index (χ2n) is 5.23. The first kappa shape index (κ1) is 16.0. The maximum Gasteiger partial charge on any atom is 0.161 e. The van der Waals surface area contributed by atoms with Gasteiger partial charge in [0.25, 0.3) is 0 Å². The lowest BCUT2D eigenvalue weighted by Gasteiger charge is -2.15. The molecule has 2 rings (SSSR count). The highest BCUT2D eigenvalue weighted by atomic mass is 16.5. The molecule has 0 aliphatic carbocycles. The van der Waals surface area contributed by atoms with Gasteiger partial charge in [-0.1, -0.05) is 6.07 Å². The Labute approximate surface area is 132 Å². The van der Waals surface area contributed by atoms with Gasteiger partial charge in [0, 0.05) is 12.2 Å². The Morgan fingerprint density at radius 1 is 0.909 bits per heavy atom.